The molecule has 0 aliphatic rings. The van der Waals surface area contributed by atoms with Crippen LogP contribution in [0, 0.1) is 6.20 Å². The minimum Gasteiger partial charge on any atom is -0.359 e. The lowest BCUT2D eigenvalue weighted by Crippen LogP contribution is -2.02. The van der Waals surface area contributed by atoms with Crippen LogP contribution in [-0.2, 0) is 6.18 Å². The van der Waals surface area contributed by atoms with Crippen LogP contribution in [0.1, 0.15) is 5.56 Å². The molecule has 1 heterocycles. The van der Waals surface area contributed by atoms with Crippen molar-refractivity contribution in [3.05, 3.63) is 24.0 Å². The van der Waals surface area contributed by atoms with Gasteiger partial charge in [-0.15, -0.1) is 0 Å². The van der Waals surface area contributed by atoms with Crippen LogP contribution >= 0.6 is 0 Å². The minimum absolute atomic E-state index is 0.762. The van der Waals surface area contributed by atoms with Gasteiger partial charge in [0.15, 0.2) is 0 Å². The van der Waals surface area contributed by atoms with Crippen LogP contribution in [0.4, 0.5) is 13.2 Å². The van der Waals surface area contributed by atoms with E-state index in [0.717, 1.165) is 6.07 Å². The summed E-state index contributed by atoms with van der Waals surface area (Å²) in [4.78, 5) is 2.19. The molecule has 0 unspecified atom stereocenters. The predicted molar refractivity (Wildman–Crippen MR) is 24.6 cm³/mol. The largest absolute Gasteiger partial charge is 0.418 e. The molecule has 0 aromatic carbocycles. The Labute approximate surface area is 49.5 Å². The van der Waals surface area contributed by atoms with E-state index in [1.54, 1.807) is 0 Å². The van der Waals surface area contributed by atoms with Crippen molar-refractivity contribution < 1.29 is 13.2 Å². The molecule has 0 spiro atoms. The lowest BCUT2D eigenvalue weighted by molar-refractivity contribution is -0.137. The molecule has 0 bridgehead atoms. The summed E-state index contributed by atoms with van der Waals surface area (Å²) in [5.74, 6) is 0. The third-order valence-corrected chi connectivity index (χ3v) is 0.846. The number of halogens is 3. The first kappa shape index (κ1) is 6.19. The number of H-pyrrole nitrogens is 1. The molecule has 1 rings (SSSR count). The Balaban J connectivity index is 2.90. The smallest absolute Gasteiger partial charge is 0.359 e. The fraction of sp³-hybridized carbons (Fsp3) is 0.200. The van der Waals surface area contributed by atoms with Gasteiger partial charge >= 0.3 is 6.18 Å². The van der Waals surface area contributed by atoms with Gasteiger partial charge in [0.05, 0.1) is 11.8 Å². The molecule has 1 aromatic rings. The van der Waals surface area contributed by atoms with E-state index in [1.807, 2.05) is 6.20 Å². The van der Waals surface area contributed by atoms with Crippen LogP contribution in [-0.4, -0.2) is 4.98 Å². The topological polar surface area (TPSA) is 15.8 Å². The predicted octanol–water partition coefficient (Wildman–Crippen LogP) is 1.83. The van der Waals surface area contributed by atoms with Gasteiger partial charge in [-0.25, -0.2) is 0 Å². The average molecular weight is 134 g/mol. The van der Waals surface area contributed by atoms with Gasteiger partial charge < -0.3 is 4.98 Å². The van der Waals surface area contributed by atoms with Crippen LogP contribution in [0.3, 0.4) is 0 Å². The highest BCUT2D eigenvalue weighted by atomic mass is 19.4. The molecule has 1 nitrogen and oxygen atoms in total. The fourth-order valence-corrected chi connectivity index (χ4v) is 0.451. The van der Waals surface area contributed by atoms with Gasteiger partial charge in [0, 0.05) is 6.20 Å². The zero-order chi connectivity index (χ0) is 6.91. The van der Waals surface area contributed by atoms with E-state index in [9.17, 15) is 13.2 Å². The van der Waals surface area contributed by atoms with Gasteiger partial charge in [-0.3, -0.25) is 0 Å². The summed E-state index contributed by atoms with van der Waals surface area (Å²) in [6, 6.07) is 0.931. The summed E-state index contributed by atoms with van der Waals surface area (Å²) in [5.41, 5.74) is -0.762. The molecule has 0 atom stereocenters. The van der Waals surface area contributed by atoms with Gasteiger partial charge in [0.2, 0.25) is 0 Å². The van der Waals surface area contributed by atoms with Gasteiger partial charge in [0.25, 0.3) is 0 Å². The molecule has 0 aliphatic carbocycles. The van der Waals surface area contributed by atoms with E-state index in [4.69, 9.17) is 0 Å². The average Bonchev–Trinajstić information content (AvgIpc) is 2.08. The highest BCUT2D eigenvalue weighted by Crippen LogP contribution is 2.27. The van der Waals surface area contributed by atoms with Crippen LogP contribution in [0.15, 0.2) is 12.3 Å². The van der Waals surface area contributed by atoms with Crippen molar-refractivity contribution in [1.29, 1.82) is 0 Å². The zero-order valence-electron chi connectivity index (χ0n) is 4.29. The number of aromatic amines is 1. The molecule has 1 aromatic heterocycles. The Morgan fingerprint density at radius 2 is 2.11 bits per heavy atom. The summed E-state index contributed by atoms with van der Waals surface area (Å²) in [5, 5.41) is 0. The first-order valence-corrected chi connectivity index (χ1v) is 2.23. The van der Waals surface area contributed by atoms with Crippen LogP contribution in [0.5, 0.6) is 0 Å². The number of nitrogens with one attached hydrogen (secondary N) is 1. The van der Waals surface area contributed by atoms with Crippen LogP contribution in [0.2, 0.25) is 0 Å². The maximum Gasteiger partial charge on any atom is 0.418 e. The molecule has 1 N–H and O–H groups in total. The van der Waals surface area contributed by atoms with Crippen molar-refractivity contribution in [3.63, 3.8) is 0 Å². The number of alkyl halides is 3. The zero-order valence-corrected chi connectivity index (χ0v) is 4.29. The van der Waals surface area contributed by atoms with Crippen LogP contribution < -0.4 is 0 Å². The van der Waals surface area contributed by atoms with E-state index in [2.05, 4.69) is 4.98 Å². The number of hydrogen-bond donors (Lipinski definition) is 1. The van der Waals surface area contributed by atoms with Gasteiger partial charge in [0.1, 0.15) is 0 Å². The summed E-state index contributed by atoms with van der Waals surface area (Å²) in [6.45, 7) is 0. The Bertz CT molecular complexity index is 175. The van der Waals surface area contributed by atoms with Crippen molar-refractivity contribution in [2.75, 3.05) is 0 Å². The summed E-state index contributed by atoms with van der Waals surface area (Å²) >= 11 is 0. The quantitative estimate of drug-likeness (QED) is 0.557. The lowest BCUT2D eigenvalue weighted by atomic mass is 10.3. The Kier molecular flexibility index (Phi) is 1.23. The lowest BCUT2D eigenvalue weighted by Gasteiger charge is -1.99. The molecule has 0 saturated carbocycles. The Morgan fingerprint density at radius 3 is 2.33 bits per heavy atom. The van der Waals surface area contributed by atoms with E-state index in [1.165, 1.54) is 6.20 Å². The minimum atomic E-state index is -4.26. The van der Waals surface area contributed by atoms with Crippen molar-refractivity contribution in [2.45, 2.75) is 6.18 Å². The number of hydrogen-bond acceptors (Lipinski definition) is 0. The second-order valence-electron chi connectivity index (χ2n) is 1.51. The molecule has 0 amide bonds. The van der Waals surface area contributed by atoms with Crippen molar-refractivity contribution >= 4 is 0 Å². The molecule has 4 heteroatoms. The summed E-state index contributed by atoms with van der Waals surface area (Å²) in [7, 11) is 0. The molecular formula is C5H3F3N. The first-order chi connectivity index (χ1) is 4.11. The fourth-order valence-electron chi connectivity index (χ4n) is 0.451. The van der Waals surface area contributed by atoms with Crippen LogP contribution in [0.25, 0.3) is 0 Å². The third kappa shape index (κ3) is 1.25. The monoisotopic (exact) mass is 134 g/mol. The van der Waals surface area contributed by atoms with E-state index in [-0.39, 0.29) is 0 Å². The van der Waals surface area contributed by atoms with E-state index in [0.29, 0.717) is 0 Å². The highest BCUT2D eigenvalue weighted by molar-refractivity contribution is 5.10. The SMILES string of the molecule is FC(F)(F)c1[c][nH]cc1. The molecular weight excluding hydrogens is 131 g/mol. The first-order valence-electron chi connectivity index (χ1n) is 2.23. The van der Waals surface area contributed by atoms with Crippen molar-refractivity contribution in [3.8, 4) is 0 Å². The second kappa shape index (κ2) is 1.79. The highest BCUT2D eigenvalue weighted by Gasteiger charge is 2.30. The number of rotatable bonds is 0. The second-order valence-corrected chi connectivity index (χ2v) is 1.51. The maximum absolute atomic E-state index is 11.6. The normalized spacial score (nSPS) is 11.9. The van der Waals surface area contributed by atoms with E-state index < -0.39 is 11.7 Å². The van der Waals surface area contributed by atoms with Gasteiger partial charge in [-0.2, -0.15) is 13.2 Å². The van der Waals surface area contributed by atoms with Crippen molar-refractivity contribution in [2.24, 2.45) is 0 Å². The third-order valence-electron chi connectivity index (χ3n) is 0.846. The Morgan fingerprint density at radius 1 is 1.44 bits per heavy atom. The molecule has 0 fully saturated rings. The Hall–Kier alpha value is -0.930. The summed E-state index contributed by atoms with van der Waals surface area (Å²) < 4.78 is 34.7. The van der Waals surface area contributed by atoms with Crippen molar-refractivity contribution in [1.82, 2.24) is 4.98 Å². The number of aromatic nitrogens is 1. The molecule has 49 valence electrons. The summed E-state index contributed by atoms with van der Waals surface area (Å²) in [6.07, 6.45) is -1.15. The molecule has 0 saturated heterocycles. The molecule has 0 aliphatic heterocycles. The molecule has 1 radical (unpaired) electrons. The van der Waals surface area contributed by atoms with Gasteiger partial charge in [-0.05, 0) is 6.07 Å². The van der Waals surface area contributed by atoms with Gasteiger partial charge in [-0.1, -0.05) is 0 Å². The maximum atomic E-state index is 11.6. The molecule has 9 heavy (non-hydrogen) atoms. The van der Waals surface area contributed by atoms with E-state index >= 15 is 0 Å². The standard InChI is InChI=1S/C5H3F3N/c6-5(7,8)4-1-2-9-3-4/h1-2,9H.